The Labute approximate surface area is 146 Å². The summed E-state index contributed by atoms with van der Waals surface area (Å²) >= 11 is 0. The van der Waals surface area contributed by atoms with E-state index in [1.807, 2.05) is 41.5 Å². The molecule has 0 fully saturated rings. The quantitative estimate of drug-likeness (QED) is 0.529. The van der Waals surface area contributed by atoms with E-state index in [1.54, 1.807) is 0 Å². The van der Waals surface area contributed by atoms with Crippen LogP contribution >= 0.6 is 0 Å². The van der Waals surface area contributed by atoms with E-state index in [9.17, 15) is 0 Å². The summed E-state index contributed by atoms with van der Waals surface area (Å²) in [5.74, 6) is 0.662. The van der Waals surface area contributed by atoms with Crippen molar-refractivity contribution in [1.82, 2.24) is 0 Å². The van der Waals surface area contributed by atoms with E-state index < -0.39 is 0 Å². The van der Waals surface area contributed by atoms with Gasteiger partial charge in [0.05, 0.1) is 0 Å². The topological polar surface area (TPSA) is 0 Å². The summed E-state index contributed by atoms with van der Waals surface area (Å²) in [5.41, 5.74) is 4.11. The molecule has 23 heavy (non-hydrogen) atoms. The first kappa shape index (κ1) is 23.7. The molecular weight excluding hydrogens is 276 g/mol. The van der Waals surface area contributed by atoms with E-state index in [1.165, 1.54) is 23.1 Å². The maximum absolute atomic E-state index is 2.35. The minimum absolute atomic E-state index is 0.662. The van der Waals surface area contributed by atoms with Crippen LogP contribution in [0.1, 0.15) is 73.8 Å². The molecule has 0 saturated heterocycles. The van der Waals surface area contributed by atoms with Crippen molar-refractivity contribution in [2.45, 2.75) is 68.2 Å². The summed E-state index contributed by atoms with van der Waals surface area (Å²) in [4.78, 5) is 0. The summed E-state index contributed by atoms with van der Waals surface area (Å²) in [5, 5.41) is 0. The third kappa shape index (κ3) is 9.23. The first-order valence-electron chi connectivity index (χ1n) is 9.45. The highest BCUT2D eigenvalue weighted by Gasteiger charge is 2.06. The van der Waals surface area contributed by atoms with Gasteiger partial charge in [0, 0.05) is 0 Å². The number of hydrogen-bond acceptors (Lipinski definition) is 0. The minimum Gasteiger partial charge on any atom is -0.0772 e. The second kappa shape index (κ2) is 16.8. The van der Waals surface area contributed by atoms with Crippen LogP contribution in [0.5, 0.6) is 0 Å². The van der Waals surface area contributed by atoms with Crippen LogP contribution < -0.4 is 0 Å². The lowest BCUT2D eigenvalue weighted by molar-refractivity contribution is 0.668. The van der Waals surface area contributed by atoms with Crippen LogP contribution in [-0.4, -0.2) is 0 Å². The van der Waals surface area contributed by atoms with Crippen LogP contribution in [0.2, 0.25) is 0 Å². The minimum atomic E-state index is 0.662. The van der Waals surface area contributed by atoms with Crippen molar-refractivity contribution in [3.05, 3.63) is 65.8 Å². The van der Waals surface area contributed by atoms with Crippen molar-refractivity contribution in [2.75, 3.05) is 0 Å². The van der Waals surface area contributed by atoms with E-state index in [4.69, 9.17) is 0 Å². The molecule has 0 saturated carbocycles. The van der Waals surface area contributed by atoms with Gasteiger partial charge in [-0.05, 0) is 35.5 Å². The summed E-state index contributed by atoms with van der Waals surface area (Å²) < 4.78 is 0. The molecule has 0 amide bonds. The SMILES string of the molecule is CC.CC.CC.CCC(C)C1=CCC=C(c2ccccc2)C=C1. The predicted molar refractivity (Wildman–Crippen MR) is 110 cm³/mol. The van der Waals surface area contributed by atoms with Gasteiger partial charge in [0.1, 0.15) is 0 Å². The van der Waals surface area contributed by atoms with Gasteiger partial charge in [-0.25, -0.2) is 0 Å². The van der Waals surface area contributed by atoms with Gasteiger partial charge in [-0.1, -0.05) is 110 Å². The van der Waals surface area contributed by atoms with E-state index in [-0.39, 0.29) is 0 Å². The smallest absolute Gasteiger partial charge is 0.0154 e. The molecule has 0 spiro atoms. The van der Waals surface area contributed by atoms with Gasteiger partial charge in [-0.15, -0.1) is 0 Å². The van der Waals surface area contributed by atoms with E-state index in [2.05, 4.69) is 68.5 Å². The zero-order valence-corrected chi connectivity index (χ0v) is 16.7. The second-order valence-corrected chi connectivity index (χ2v) is 4.61. The molecule has 0 aromatic heterocycles. The lowest BCUT2D eigenvalue weighted by atomic mass is 9.97. The summed E-state index contributed by atoms with van der Waals surface area (Å²) in [6.45, 7) is 16.5. The van der Waals surface area contributed by atoms with Gasteiger partial charge >= 0.3 is 0 Å². The summed E-state index contributed by atoms with van der Waals surface area (Å²) in [6.07, 6.45) is 11.4. The first-order chi connectivity index (χ1) is 11.3. The Hall–Kier alpha value is -1.56. The molecule has 1 unspecified atom stereocenters. The molecule has 0 bridgehead atoms. The van der Waals surface area contributed by atoms with Gasteiger partial charge in [-0.3, -0.25) is 0 Å². The van der Waals surface area contributed by atoms with Gasteiger partial charge in [0.15, 0.2) is 0 Å². The molecule has 1 aromatic rings. The predicted octanol–water partition coefficient (Wildman–Crippen LogP) is 8.08. The Morgan fingerprint density at radius 1 is 0.826 bits per heavy atom. The van der Waals surface area contributed by atoms with Gasteiger partial charge in [0.25, 0.3) is 0 Å². The number of rotatable bonds is 3. The second-order valence-electron chi connectivity index (χ2n) is 4.61. The van der Waals surface area contributed by atoms with E-state index in [0.717, 1.165) is 6.42 Å². The van der Waals surface area contributed by atoms with E-state index >= 15 is 0 Å². The van der Waals surface area contributed by atoms with Crippen LogP contribution in [0.3, 0.4) is 0 Å². The zero-order valence-electron chi connectivity index (χ0n) is 16.7. The molecule has 1 aliphatic rings. The third-order valence-electron chi connectivity index (χ3n) is 3.44. The molecule has 0 heteroatoms. The molecule has 1 aliphatic carbocycles. The fraction of sp³-hybridized carbons (Fsp3) is 0.478. The maximum Gasteiger partial charge on any atom is -0.0154 e. The molecule has 0 N–H and O–H groups in total. The van der Waals surface area contributed by atoms with Crippen molar-refractivity contribution in [3.63, 3.8) is 0 Å². The van der Waals surface area contributed by atoms with Crippen LogP contribution in [0.25, 0.3) is 5.57 Å². The molecular formula is C23H38. The van der Waals surface area contributed by atoms with Crippen LogP contribution in [-0.2, 0) is 0 Å². The van der Waals surface area contributed by atoms with Gasteiger partial charge in [0.2, 0.25) is 0 Å². The van der Waals surface area contributed by atoms with Crippen LogP contribution in [0, 0.1) is 5.92 Å². The number of allylic oxidation sites excluding steroid dienone is 6. The number of hydrogen-bond donors (Lipinski definition) is 0. The molecule has 0 heterocycles. The Morgan fingerprint density at radius 3 is 1.91 bits per heavy atom. The van der Waals surface area contributed by atoms with Crippen LogP contribution in [0.4, 0.5) is 0 Å². The van der Waals surface area contributed by atoms with Crippen molar-refractivity contribution in [2.24, 2.45) is 5.92 Å². The molecule has 0 nitrogen and oxygen atoms in total. The van der Waals surface area contributed by atoms with Crippen molar-refractivity contribution in [1.29, 1.82) is 0 Å². The Morgan fingerprint density at radius 2 is 1.39 bits per heavy atom. The Kier molecular flexibility index (Phi) is 17.3. The summed E-state index contributed by atoms with van der Waals surface area (Å²) in [6, 6.07) is 10.6. The van der Waals surface area contributed by atoms with E-state index in [0.29, 0.717) is 5.92 Å². The van der Waals surface area contributed by atoms with Gasteiger partial charge < -0.3 is 0 Å². The molecule has 1 atom stereocenters. The third-order valence-corrected chi connectivity index (χ3v) is 3.44. The Bertz CT molecular complexity index is 446. The molecule has 0 aliphatic heterocycles. The first-order valence-corrected chi connectivity index (χ1v) is 9.45. The average molecular weight is 315 g/mol. The number of benzene rings is 1. The largest absolute Gasteiger partial charge is 0.0772 e. The summed E-state index contributed by atoms with van der Waals surface area (Å²) in [7, 11) is 0. The Balaban J connectivity index is 0. The maximum atomic E-state index is 2.35. The monoisotopic (exact) mass is 314 g/mol. The fourth-order valence-corrected chi connectivity index (χ4v) is 2.09. The normalized spacial score (nSPS) is 13.4. The lowest BCUT2D eigenvalue weighted by Crippen LogP contribution is -1.94. The van der Waals surface area contributed by atoms with Gasteiger partial charge in [-0.2, -0.15) is 0 Å². The molecule has 2 rings (SSSR count). The average Bonchev–Trinajstić information content (AvgIpc) is 2.93. The standard InChI is InChI=1S/C17H20.3C2H6/c1-3-14(2)15-10-7-11-17(13-12-15)16-8-5-4-6-9-16;3*1-2/h4-6,8-14H,3,7H2,1-2H3;3*1-2H3. The highest BCUT2D eigenvalue weighted by molar-refractivity contribution is 5.75. The van der Waals surface area contributed by atoms with Crippen molar-refractivity contribution in [3.8, 4) is 0 Å². The van der Waals surface area contributed by atoms with Crippen molar-refractivity contribution < 1.29 is 0 Å². The molecule has 130 valence electrons. The molecule has 0 radical (unpaired) electrons. The zero-order chi connectivity index (χ0) is 18.1. The molecule has 1 aromatic carbocycles. The highest BCUT2D eigenvalue weighted by Crippen LogP contribution is 2.24. The fourth-order valence-electron chi connectivity index (χ4n) is 2.09. The van der Waals surface area contributed by atoms with Crippen molar-refractivity contribution >= 4 is 5.57 Å². The lowest BCUT2D eigenvalue weighted by Gasteiger charge is -2.08. The van der Waals surface area contributed by atoms with Crippen LogP contribution in [0.15, 0.2) is 60.2 Å². The highest BCUT2D eigenvalue weighted by atomic mass is 14.1.